The molecule has 1 N–H and O–H groups in total. The highest BCUT2D eigenvalue weighted by Gasteiger charge is 2.28. The standard InChI is InChI=1S/C12H13FO4/c13-10-4-2-1-3-8(10)5-12-16-7-9(17-12)6-11(14)15/h1-4,9,12H,5-7H2,(H,14,15). The maximum Gasteiger partial charge on any atom is 0.306 e. The van der Waals surface area contributed by atoms with Gasteiger partial charge in [0.1, 0.15) is 5.82 Å². The number of carboxylic acid groups (broad SMARTS) is 1. The first kappa shape index (κ1) is 12.0. The number of carboxylic acids is 1. The van der Waals surface area contributed by atoms with Gasteiger partial charge in [-0.1, -0.05) is 18.2 Å². The van der Waals surface area contributed by atoms with Crippen molar-refractivity contribution >= 4 is 5.97 Å². The normalized spacial score (nSPS) is 23.8. The molecular weight excluding hydrogens is 227 g/mol. The Kier molecular flexibility index (Phi) is 3.71. The Labute approximate surface area is 98.0 Å². The zero-order chi connectivity index (χ0) is 12.3. The quantitative estimate of drug-likeness (QED) is 0.868. The van der Waals surface area contributed by atoms with Crippen LogP contribution < -0.4 is 0 Å². The molecule has 4 nitrogen and oxygen atoms in total. The smallest absolute Gasteiger partial charge is 0.306 e. The zero-order valence-electron chi connectivity index (χ0n) is 9.14. The van der Waals surface area contributed by atoms with Gasteiger partial charge in [-0.2, -0.15) is 0 Å². The van der Waals surface area contributed by atoms with Gasteiger partial charge < -0.3 is 14.6 Å². The fourth-order valence-corrected chi connectivity index (χ4v) is 1.76. The average Bonchev–Trinajstić information content (AvgIpc) is 2.68. The van der Waals surface area contributed by atoms with Gasteiger partial charge >= 0.3 is 5.97 Å². The Morgan fingerprint density at radius 1 is 1.47 bits per heavy atom. The van der Waals surface area contributed by atoms with Crippen LogP contribution in [0, 0.1) is 5.82 Å². The van der Waals surface area contributed by atoms with Crippen molar-refractivity contribution in [2.24, 2.45) is 0 Å². The third-order valence-corrected chi connectivity index (χ3v) is 2.56. The first-order valence-electron chi connectivity index (χ1n) is 5.37. The minimum Gasteiger partial charge on any atom is -0.481 e. The summed E-state index contributed by atoms with van der Waals surface area (Å²) in [6, 6.07) is 6.39. The van der Waals surface area contributed by atoms with Crippen LogP contribution in [0.25, 0.3) is 0 Å². The second-order valence-corrected chi connectivity index (χ2v) is 3.91. The van der Waals surface area contributed by atoms with Gasteiger partial charge in [0, 0.05) is 6.42 Å². The first-order valence-corrected chi connectivity index (χ1v) is 5.37. The van der Waals surface area contributed by atoms with Gasteiger partial charge in [-0.15, -0.1) is 0 Å². The van der Waals surface area contributed by atoms with E-state index in [2.05, 4.69) is 0 Å². The summed E-state index contributed by atoms with van der Waals surface area (Å²) in [5.41, 5.74) is 0.508. The van der Waals surface area contributed by atoms with Crippen molar-refractivity contribution in [3.05, 3.63) is 35.6 Å². The lowest BCUT2D eigenvalue weighted by atomic mass is 10.1. The second-order valence-electron chi connectivity index (χ2n) is 3.91. The molecule has 0 amide bonds. The van der Waals surface area contributed by atoms with Gasteiger partial charge in [-0.3, -0.25) is 4.79 Å². The fraction of sp³-hybridized carbons (Fsp3) is 0.417. The summed E-state index contributed by atoms with van der Waals surface area (Å²) in [7, 11) is 0. The highest BCUT2D eigenvalue weighted by atomic mass is 19.1. The lowest BCUT2D eigenvalue weighted by molar-refractivity contribution is -0.140. The molecule has 17 heavy (non-hydrogen) atoms. The van der Waals surface area contributed by atoms with E-state index in [1.54, 1.807) is 18.2 Å². The Bertz CT molecular complexity index is 407. The number of halogens is 1. The van der Waals surface area contributed by atoms with Crippen LogP contribution in [0.5, 0.6) is 0 Å². The van der Waals surface area contributed by atoms with Crippen molar-refractivity contribution in [3.63, 3.8) is 0 Å². The maximum atomic E-state index is 13.3. The molecule has 1 fully saturated rings. The van der Waals surface area contributed by atoms with Gasteiger partial charge in [-0.25, -0.2) is 4.39 Å². The topological polar surface area (TPSA) is 55.8 Å². The van der Waals surface area contributed by atoms with E-state index in [-0.39, 0.29) is 18.8 Å². The Balaban J connectivity index is 1.90. The first-order chi connectivity index (χ1) is 8.15. The van der Waals surface area contributed by atoms with E-state index in [0.29, 0.717) is 12.0 Å². The van der Waals surface area contributed by atoms with Crippen molar-refractivity contribution in [3.8, 4) is 0 Å². The molecule has 2 atom stereocenters. The highest BCUT2D eigenvalue weighted by Crippen LogP contribution is 2.19. The summed E-state index contributed by atoms with van der Waals surface area (Å²) in [4.78, 5) is 10.5. The molecule has 2 rings (SSSR count). The summed E-state index contributed by atoms with van der Waals surface area (Å²) in [6.07, 6.45) is -0.795. The molecule has 2 unspecified atom stereocenters. The molecule has 0 aromatic heterocycles. The number of benzene rings is 1. The predicted octanol–water partition coefficient (Wildman–Crippen LogP) is 1.58. The molecule has 0 aliphatic carbocycles. The molecule has 1 aliphatic rings. The molecule has 1 aromatic rings. The molecule has 5 heteroatoms. The van der Waals surface area contributed by atoms with Crippen LogP contribution in [-0.2, 0) is 20.7 Å². The molecule has 92 valence electrons. The van der Waals surface area contributed by atoms with Gasteiger partial charge in [-0.05, 0) is 11.6 Å². The SMILES string of the molecule is O=C(O)CC1COC(Cc2ccccc2F)O1. The lowest BCUT2D eigenvalue weighted by Gasteiger charge is -2.10. The number of rotatable bonds is 4. The van der Waals surface area contributed by atoms with Gasteiger partial charge in [0.25, 0.3) is 0 Å². The van der Waals surface area contributed by atoms with E-state index in [4.69, 9.17) is 14.6 Å². The van der Waals surface area contributed by atoms with E-state index in [1.807, 2.05) is 0 Å². The molecule has 0 radical (unpaired) electrons. The van der Waals surface area contributed by atoms with Crippen molar-refractivity contribution in [1.82, 2.24) is 0 Å². The third kappa shape index (κ3) is 3.25. The van der Waals surface area contributed by atoms with E-state index in [9.17, 15) is 9.18 Å². The van der Waals surface area contributed by atoms with Crippen LogP contribution in [0.1, 0.15) is 12.0 Å². The Morgan fingerprint density at radius 3 is 2.94 bits per heavy atom. The van der Waals surface area contributed by atoms with Crippen LogP contribution in [0.4, 0.5) is 4.39 Å². The highest BCUT2D eigenvalue weighted by molar-refractivity contribution is 5.67. The largest absolute Gasteiger partial charge is 0.481 e. The average molecular weight is 240 g/mol. The fourth-order valence-electron chi connectivity index (χ4n) is 1.76. The zero-order valence-corrected chi connectivity index (χ0v) is 9.14. The lowest BCUT2D eigenvalue weighted by Crippen LogP contribution is -2.18. The van der Waals surface area contributed by atoms with E-state index in [1.165, 1.54) is 6.07 Å². The molecule has 1 aliphatic heterocycles. The maximum absolute atomic E-state index is 13.3. The van der Waals surface area contributed by atoms with Crippen molar-refractivity contribution < 1.29 is 23.8 Å². The van der Waals surface area contributed by atoms with Crippen molar-refractivity contribution in [1.29, 1.82) is 0 Å². The minimum atomic E-state index is -0.926. The molecule has 1 aromatic carbocycles. The number of hydrogen-bond donors (Lipinski definition) is 1. The third-order valence-electron chi connectivity index (χ3n) is 2.56. The predicted molar refractivity (Wildman–Crippen MR) is 57.0 cm³/mol. The molecular formula is C12H13FO4. The summed E-state index contributed by atoms with van der Waals surface area (Å²) >= 11 is 0. The van der Waals surface area contributed by atoms with Crippen molar-refractivity contribution in [2.45, 2.75) is 25.2 Å². The number of ether oxygens (including phenoxy) is 2. The van der Waals surface area contributed by atoms with Crippen molar-refractivity contribution in [2.75, 3.05) is 6.61 Å². The van der Waals surface area contributed by atoms with Crippen LogP contribution >= 0.6 is 0 Å². The number of aliphatic carboxylic acids is 1. The van der Waals surface area contributed by atoms with Crippen LogP contribution in [-0.4, -0.2) is 30.1 Å². The van der Waals surface area contributed by atoms with Crippen LogP contribution in [0.15, 0.2) is 24.3 Å². The Hall–Kier alpha value is -1.46. The summed E-state index contributed by atoms with van der Waals surface area (Å²) in [5.74, 6) is -1.23. The monoisotopic (exact) mass is 240 g/mol. The van der Waals surface area contributed by atoms with E-state index < -0.39 is 18.4 Å². The molecule has 1 heterocycles. The van der Waals surface area contributed by atoms with E-state index in [0.717, 1.165) is 0 Å². The van der Waals surface area contributed by atoms with E-state index >= 15 is 0 Å². The summed E-state index contributed by atoms with van der Waals surface area (Å²) < 4.78 is 24.0. The number of hydrogen-bond acceptors (Lipinski definition) is 3. The second kappa shape index (κ2) is 5.25. The summed E-state index contributed by atoms with van der Waals surface area (Å²) in [6.45, 7) is 0.241. The Morgan fingerprint density at radius 2 is 2.24 bits per heavy atom. The van der Waals surface area contributed by atoms with Gasteiger partial charge in [0.05, 0.1) is 19.1 Å². The van der Waals surface area contributed by atoms with Crippen LogP contribution in [0.2, 0.25) is 0 Å². The minimum absolute atomic E-state index is 0.0895. The molecule has 0 saturated carbocycles. The molecule has 1 saturated heterocycles. The summed E-state index contributed by atoms with van der Waals surface area (Å²) in [5, 5.41) is 8.60. The number of carbonyl (C=O) groups is 1. The molecule has 0 bridgehead atoms. The van der Waals surface area contributed by atoms with Gasteiger partial charge in [0.2, 0.25) is 0 Å². The van der Waals surface area contributed by atoms with Gasteiger partial charge in [0.15, 0.2) is 6.29 Å². The van der Waals surface area contributed by atoms with Crippen LogP contribution in [0.3, 0.4) is 0 Å². The molecule has 0 spiro atoms.